The van der Waals surface area contributed by atoms with Gasteiger partial charge in [-0.15, -0.1) is 0 Å². The summed E-state index contributed by atoms with van der Waals surface area (Å²) in [4.78, 5) is 25.7. The maximum atomic E-state index is 14.0. The molecule has 2 aromatic carbocycles. The summed E-state index contributed by atoms with van der Waals surface area (Å²) in [6.07, 6.45) is 2.06. The maximum Gasteiger partial charge on any atom is 0.416 e. The summed E-state index contributed by atoms with van der Waals surface area (Å²) < 4.78 is 43.6. The molecular formula is C31H31F3N8O. The van der Waals surface area contributed by atoms with Crippen molar-refractivity contribution >= 4 is 23.2 Å². The minimum absolute atomic E-state index is 0.0739. The van der Waals surface area contributed by atoms with Gasteiger partial charge in [0, 0.05) is 75.2 Å². The first-order valence-electron chi connectivity index (χ1n) is 13.7. The molecule has 43 heavy (non-hydrogen) atoms. The summed E-state index contributed by atoms with van der Waals surface area (Å²) in [5.74, 6) is 5.90. The number of nitrogens with one attached hydrogen (secondary N) is 2. The molecule has 0 unspecified atom stereocenters. The number of rotatable bonds is 6. The molecule has 1 fully saturated rings. The standard InChI is InChI=1S/C31H31F3N8O/c1-21-4-6-24(14-23(21)7-5-22-16-35-30(36-17-22)39-27-18-37-41(3)20-27)29(43)38-26-9-8-25(28(15-26)31(32,33)34)19-42-12-10-40(2)11-13-42/h4,6,8-9,14-18,20H,10-13,19H2,1-3H3,(H,38,43)(H,35,36,39). The van der Waals surface area contributed by atoms with Gasteiger partial charge in [0.2, 0.25) is 5.95 Å². The molecule has 4 aromatic rings. The zero-order chi connectivity index (χ0) is 30.6. The fourth-order valence-electron chi connectivity index (χ4n) is 4.62. The number of halogens is 3. The fourth-order valence-corrected chi connectivity index (χ4v) is 4.62. The number of nitrogens with zero attached hydrogens (tertiary/aromatic N) is 6. The number of hydrogen-bond donors (Lipinski definition) is 2. The highest BCUT2D eigenvalue weighted by Gasteiger charge is 2.34. The number of alkyl halides is 3. The molecule has 222 valence electrons. The Morgan fingerprint density at radius 2 is 1.70 bits per heavy atom. The molecule has 2 N–H and O–H groups in total. The van der Waals surface area contributed by atoms with E-state index in [2.05, 4.69) is 42.4 Å². The minimum atomic E-state index is -4.55. The monoisotopic (exact) mass is 588 g/mol. The van der Waals surface area contributed by atoms with E-state index >= 15 is 0 Å². The smallest absolute Gasteiger partial charge is 0.322 e. The van der Waals surface area contributed by atoms with Crippen LogP contribution in [0.5, 0.6) is 0 Å². The Morgan fingerprint density at radius 3 is 2.37 bits per heavy atom. The summed E-state index contributed by atoms with van der Waals surface area (Å²) in [7, 11) is 3.80. The number of aryl methyl sites for hydroxylation is 2. The Morgan fingerprint density at radius 1 is 0.953 bits per heavy atom. The quantitative estimate of drug-likeness (QED) is 0.316. The fraction of sp³-hybridized carbons (Fsp3) is 0.290. The molecule has 1 saturated heterocycles. The number of carbonyl (C=O) groups excluding carboxylic acids is 1. The maximum absolute atomic E-state index is 14.0. The molecule has 3 heterocycles. The lowest BCUT2D eigenvalue weighted by Gasteiger charge is -2.33. The third-order valence-corrected chi connectivity index (χ3v) is 7.12. The van der Waals surface area contributed by atoms with Crippen molar-refractivity contribution in [1.82, 2.24) is 29.5 Å². The Hall–Kier alpha value is -4.73. The summed E-state index contributed by atoms with van der Waals surface area (Å²) in [5.41, 5.74) is 2.56. The molecule has 2 aromatic heterocycles. The second kappa shape index (κ2) is 12.6. The van der Waals surface area contributed by atoms with Crippen molar-refractivity contribution in [1.29, 1.82) is 0 Å². The van der Waals surface area contributed by atoms with E-state index < -0.39 is 17.6 Å². The van der Waals surface area contributed by atoms with Gasteiger partial charge in [0.15, 0.2) is 0 Å². The van der Waals surface area contributed by atoms with E-state index in [-0.39, 0.29) is 23.4 Å². The van der Waals surface area contributed by atoms with E-state index in [1.807, 2.05) is 25.9 Å². The molecule has 0 spiro atoms. The molecule has 9 nitrogen and oxygen atoms in total. The van der Waals surface area contributed by atoms with Crippen molar-refractivity contribution in [3.63, 3.8) is 0 Å². The van der Waals surface area contributed by atoms with Gasteiger partial charge in [-0.1, -0.05) is 24.0 Å². The van der Waals surface area contributed by atoms with Crippen molar-refractivity contribution in [2.24, 2.45) is 7.05 Å². The van der Waals surface area contributed by atoms with Crippen LogP contribution in [0.4, 0.5) is 30.5 Å². The van der Waals surface area contributed by atoms with E-state index in [1.165, 1.54) is 12.1 Å². The van der Waals surface area contributed by atoms with Crippen molar-refractivity contribution < 1.29 is 18.0 Å². The molecule has 1 aliphatic rings. The highest BCUT2D eigenvalue weighted by atomic mass is 19.4. The van der Waals surface area contributed by atoms with Crippen molar-refractivity contribution in [3.05, 3.63) is 94.6 Å². The van der Waals surface area contributed by atoms with Crippen LogP contribution in [0.1, 0.15) is 38.2 Å². The highest BCUT2D eigenvalue weighted by Crippen LogP contribution is 2.34. The van der Waals surface area contributed by atoms with Crippen LogP contribution in [-0.2, 0) is 19.8 Å². The molecule has 5 rings (SSSR count). The van der Waals surface area contributed by atoms with Gasteiger partial charge in [0.05, 0.1) is 23.0 Å². The molecule has 1 aliphatic heterocycles. The predicted molar refractivity (Wildman–Crippen MR) is 158 cm³/mol. The average Bonchev–Trinajstić information content (AvgIpc) is 3.39. The zero-order valence-corrected chi connectivity index (χ0v) is 24.0. The summed E-state index contributed by atoms with van der Waals surface area (Å²) in [6.45, 7) is 5.08. The van der Waals surface area contributed by atoms with Crippen LogP contribution < -0.4 is 10.6 Å². The van der Waals surface area contributed by atoms with E-state index in [1.54, 1.807) is 47.7 Å². The second-order valence-corrected chi connectivity index (χ2v) is 10.5. The average molecular weight is 589 g/mol. The first kappa shape index (κ1) is 29.8. The van der Waals surface area contributed by atoms with Crippen LogP contribution in [0.25, 0.3) is 0 Å². The van der Waals surface area contributed by atoms with Gasteiger partial charge in [-0.25, -0.2) is 9.97 Å². The van der Waals surface area contributed by atoms with E-state index in [9.17, 15) is 18.0 Å². The van der Waals surface area contributed by atoms with Gasteiger partial charge >= 0.3 is 6.18 Å². The van der Waals surface area contributed by atoms with Gasteiger partial charge < -0.3 is 15.5 Å². The van der Waals surface area contributed by atoms with Gasteiger partial charge in [0.1, 0.15) is 0 Å². The highest BCUT2D eigenvalue weighted by molar-refractivity contribution is 6.04. The van der Waals surface area contributed by atoms with E-state index in [4.69, 9.17) is 0 Å². The molecule has 12 heteroatoms. The Bertz CT molecular complexity index is 1660. The third-order valence-electron chi connectivity index (χ3n) is 7.12. The minimum Gasteiger partial charge on any atom is -0.322 e. The van der Waals surface area contributed by atoms with Gasteiger partial charge in [0.25, 0.3) is 5.91 Å². The number of hydrogen-bond acceptors (Lipinski definition) is 7. The predicted octanol–water partition coefficient (Wildman–Crippen LogP) is 4.68. The molecular weight excluding hydrogens is 557 g/mol. The Labute approximate surface area is 247 Å². The van der Waals surface area contributed by atoms with Crippen LogP contribution in [0, 0.1) is 18.8 Å². The lowest BCUT2D eigenvalue weighted by Crippen LogP contribution is -2.44. The number of benzene rings is 2. The lowest BCUT2D eigenvalue weighted by molar-refractivity contribution is -0.138. The number of aromatic nitrogens is 4. The van der Waals surface area contributed by atoms with E-state index in [0.29, 0.717) is 30.2 Å². The number of anilines is 3. The van der Waals surface area contributed by atoms with Crippen molar-refractivity contribution in [2.75, 3.05) is 43.9 Å². The summed E-state index contributed by atoms with van der Waals surface area (Å²) in [5, 5.41) is 9.74. The Balaban J connectivity index is 1.28. The summed E-state index contributed by atoms with van der Waals surface area (Å²) in [6, 6.07) is 8.94. The van der Waals surface area contributed by atoms with Crippen molar-refractivity contribution in [2.45, 2.75) is 19.6 Å². The first-order valence-corrected chi connectivity index (χ1v) is 13.7. The lowest BCUT2D eigenvalue weighted by atomic mass is 10.0. The molecule has 0 radical (unpaired) electrons. The van der Waals surface area contributed by atoms with Crippen molar-refractivity contribution in [3.8, 4) is 11.8 Å². The first-order chi connectivity index (χ1) is 20.5. The van der Waals surface area contributed by atoms with Gasteiger partial charge in [-0.05, 0) is 49.4 Å². The molecule has 0 atom stereocenters. The summed E-state index contributed by atoms with van der Waals surface area (Å²) >= 11 is 0. The van der Waals surface area contributed by atoms with Gasteiger partial charge in [-0.3, -0.25) is 14.4 Å². The van der Waals surface area contributed by atoms with E-state index in [0.717, 1.165) is 30.4 Å². The van der Waals surface area contributed by atoms with Crippen LogP contribution in [0.15, 0.2) is 61.2 Å². The van der Waals surface area contributed by atoms with Crippen LogP contribution in [0.2, 0.25) is 0 Å². The third kappa shape index (κ3) is 7.77. The topological polar surface area (TPSA) is 91.2 Å². The zero-order valence-electron chi connectivity index (χ0n) is 24.0. The Kier molecular flexibility index (Phi) is 8.75. The number of piperazine rings is 1. The number of carbonyl (C=O) groups is 1. The van der Waals surface area contributed by atoms with Crippen LogP contribution >= 0.6 is 0 Å². The molecule has 0 aliphatic carbocycles. The molecule has 1 amide bonds. The number of amides is 1. The van der Waals surface area contributed by atoms with Crippen LogP contribution in [-0.4, -0.2) is 68.7 Å². The largest absolute Gasteiger partial charge is 0.416 e. The van der Waals surface area contributed by atoms with Crippen LogP contribution in [0.3, 0.4) is 0 Å². The number of likely N-dealkylation sites (N-methyl/N-ethyl adjacent to an activating group) is 1. The molecule has 0 saturated carbocycles. The SMILES string of the molecule is Cc1ccc(C(=O)Nc2ccc(CN3CCN(C)CC3)c(C(F)(F)F)c2)cc1C#Cc1cnc(Nc2cnn(C)c2)nc1. The normalized spacial score (nSPS) is 14.2. The molecule has 0 bridgehead atoms. The second-order valence-electron chi connectivity index (χ2n) is 10.5. The van der Waals surface area contributed by atoms with Gasteiger partial charge in [-0.2, -0.15) is 18.3 Å².